The average Bonchev–Trinajstić information content (AvgIpc) is 2.54. The lowest BCUT2D eigenvalue weighted by Crippen LogP contribution is -2.34. The van der Waals surface area contributed by atoms with E-state index in [0.717, 1.165) is 18.4 Å². The Hall–Kier alpha value is -1.91. The molecule has 1 aliphatic heterocycles. The highest BCUT2D eigenvalue weighted by atomic mass is 16.2. The fraction of sp³-hybridized carbons (Fsp3) is 0.462. The molecule has 1 saturated heterocycles. The number of carbonyl (C=O) groups excluding carboxylic acids is 2. The van der Waals surface area contributed by atoms with E-state index in [0.29, 0.717) is 25.2 Å². The van der Waals surface area contributed by atoms with Crippen molar-refractivity contribution in [1.29, 1.82) is 0 Å². The van der Waals surface area contributed by atoms with Gasteiger partial charge in [-0.1, -0.05) is 6.07 Å². The van der Waals surface area contributed by atoms with Crippen LogP contribution < -0.4 is 5.32 Å². The van der Waals surface area contributed by atoms with Crippen molar-refractivity contribution in [2.45, 2.75) is 32.2 Å². The first-order valence-electron chi connectivity index (χ1n) is 6.17. The van der Waals surface area contributed by atoms with Crippen molar-refractivity contribution in [2.24, 2.45) is 0 Å². The molecule has 0 bridgehead atoms. The third-order valence-electron chi connectivity index (χ3n) is 3.09. The first-order chi connectivity index (χ1) is 8.72. The van der Waals surface area contributed by atoms with Crippen LogP contribution in [-0.4, -0.2) is 28.7 Å². The third-order valence-corrected chi connectivity index (χ3v) is 3.09. The lowest BCUT2D eigenvalue weighted by Gasteiger charge is -2.19. The van der Waals surface area contributed by atoms with Crippen LogP contribution in [0.4, 0.5) is 5.82 Å². The molecule has 5 nitrogen and oxygen atoms in total. The van der Waals surface area contributed by atoms with Gasteiger partial charge in [-0.15, -0.1) is 0 Å². The number of nitrogens with one attached hydrogen (secondary N) is 1. The second kappa shape index (κ2) is 5.62. The molecule has 1 aromatic heterocycles. The van der Waals surface area contributed by atoms with Crippen LogP contribution >= 0.6 is 0 Å². The van der Waals surface area contributed by atoms with Crippen molar-refractivity contribution in [3.05, 3.63) is 23.9 Å². The minimum atomic E-state index is -0.0802. The summed E-state index contributed by atoms with van der Waals surface area (Å²) in [4.78, 5) is 29.3. The van der Waals surface area contributed by atoms with E-state index in [1.54, 1.807) is 13.2 Å². The van der Waals surface area contributed by atoms with Gasteiger partial charge in [0.2, 0.25) is 11.8 Å². The van der Waals surface area contributed by atoms with E-state index >= 15 is 0 Å². The molecule has 2 heterocycles. The summed E-state index contributed by atoms with van der Waals surface area (Å²) in [6.07, 6.45) is 4.20. The van der Waals surface area contributed by atoms with Crippen molar-refractivity contribution >= 4 is 17.6 Å². The first-order valence-corrected chi connectivity index (χ1v) is 6.17. The monoisotopic (exact) mass is 247 g/mol. The number of hydrogen-bond acceptors (Lipinski definition) is 4. The van der Waals surface area contributed by atoms with E-state index in [9.17, 15) is 9.59 Å². The molecule has 0 aromatic carbocycles. The smallest absolute Gasteiger partial charge is 0.229 e. The zero-order chi connectivity index (χ0) is 13.0. The molecule has 96 valence electrons. The molecule has 1 fully saturated rings. The molecule has 5 heteroatoms. The molecular weight excluding hydrogens is 230 g/mol. The Morgan fingerprint density at radius 1 is 1.28 bits per heavy atom. The standard InChI is InChI=1S/C13H17N3O2/c1-14-13-10(5-4-8-15-13)9-16-11(17)6-2-3-7-12(16)18/h4-5,8H,2-3,6-7,9H2,1H3,(H,14,15). The van der Waals surface area contributed by atoms with Gasteiger partial charge in [-0.05, 0) is 18.9 Å². The average molecular weight is 247 g/mol. The lowest BCUT2D eigenvalue weighted by molar-refractivity contribution is -0.144. The van der Waals surface area contributed by atoms with Crippen LogP contribution in [0, 0.1) is 0 Å². The Balaban J connectivity index is 2.20. The van der Waals surface area contributed by atoms with E-state index in [2.05, 4.69) is 10.3 Å². The fourth-order valence-corrected chi connectivity index (χ4v) is 2.10. The summed E-state index contributed by atoms with van der Waals surface area (Å²) < 4.78 is 0. The number of anilines is 1. The van der Waals surface area contributed by atoms with Crippen LogP contribution in [0.15, 0.2) is 18.3 Å². The molecule has 2 amide bonds. The maximum absolute atomic E-state index is 11.9. The van der Waals surface area contributed by atoms with Crippen molar-refractivity contribution in [1.82, 2.24) is 9.88 Å². The molecule has 18 heavy (non-hydrogen) atoms. The van der Waals surface area contributed by atoms with Gasteiger partial charge in [0.15, 0.2) is 0 Å². The summed E-state index contributed by atoms with van der Waals surface area (Å²) in [5.74, 6) is 0.550. The number of carbonyl (C=O) groups is 2. The van der Waals surface area contributed by atoms with E-state index < -0.39 is 0 Å². The number of amides is 2. The molecule has 2 rings (SSSR count). The summed E-state index contributed by atoms with van der Waals surface area (Å²) in [5.41, 5.74) is 0.864. The molecule has 0 unspecified atom stereocenters. The molecule has 1 N–H and O–H groups in total. The molecule has 1 aliphatic rings. The fourth-order valence-electron chi connectivity index (χ4n) is 2.10. The molecule has 1 aromatic rings. The summed E-state index contributed by atoms with van der Waals surface area (Å²) in [6.45, 7) is 0.307. The van der Waals surface area contributed by atoms with Gasteiger partial charge in [-0.25, -0.2) is 4.98 Å². The SMILES string of the molecule is CNc1ncccc1CN1C(=O)CCCCC1=O. The molecular formula is C13H17N3O2. The van der Waals surface area contributed by atoms with Crippen LogP contribution in [-0.2, 0) is 16.1 Å². The van der Waals surface area contributed by atoms with Gasteiger partial charge in [-0.3, -0.25) is 14.5 Å². The van der Waals surface area contributed by atoms with E-state index in [-0.39, 0.29) is 11.8 Å². The molecule has 0 aliphatic carbocycles. The summed E-state index contributed by atoms with van der Waals surface area (Å²) in [6, 6.07) is 3.69. The molecule has 0 spiro atoms. The predicted molar refractivity (Wildman–Crippen MR) is 67.8 cm³/mol. The number of rotatable bonds is 3. The van der Waals surface area contributed by atoms with Crippen molar-refractivity contribution in [3.8, 4) is 0 Å². The zero-order valence-corrected chi connectivity index (χ0v) is 10.5. The van der Waals surface area contributed by atoms with Gasteiger partial charge in [0.1, 0.15) is 5.82 Å². The van der Waals surface area contributed by atoms with Gasteiger partial charge < -0.3 is 5.32 Å². The summed E-state index contributed by atoms with van der Waals surface area (Å²) in [7, 11) is 1.78. The highest BCUT2D eigenvalue weighted by Gasteiger charge is 2.24. The molecule has 0 saturated carbocycles. The maximum Gasteiger partial charge on any atom is 0.229 e. The number of nitrogens with zero attached hydrogens (tertiary/aromatic N) is 2. The highest BCUT2D eigenvalue weighted by molar-refractivity contribution is 5.96. The maximum atomic E-state index is 11.9. The van der Waals surface area contributed by atoms with Gasteiger partial charge in [0, 0.05) is 31.6 Å². The zero-order valence-electron chi connectivity index (χ0n) is 10.5. The van der Waals surface area contributed by atoms with E-state index in [4.69, 9.17) is 0 Å². The van der Waals surface area contributed by atoms with Crippen LogP contribution in [0.25, 0.3) is 0 Å². The Morgan fingerprint density at radius 3 is 2.56 bits per heavy atom. The van der Waals surface area contributed by atoms with Crippen molar-refractivity contribution in [3.63, 3.8) is 0 Å². The van der Waals surface area contributed by atoms with Gasteiger partial charge in [-0.2, -0.15) is 0 Å². The third kappa shape index (κ3) is 2.67. The van der Waals surface area contributed by atoms with Crippen molar-refractivity contribution < 1.29 is 9.59 Å². The van der Waals surface area contributed by atoms with Crippen LogP contribution in [0.2, 0.25) is 0 Å². The Morgan fingerprint density at radius 2 is 1.94 bits per heavy atom. The minimum absolute atomic E-state index is 0.0802. The lowest BCUT2D eigenvalue weighted by atomic mass is 10.2. The largest absolute Gasteiger partial charge is 0.373 e. The number of imide groups is 1. The number of pyridine rings is 1. The van der Waals surface area contributed by atoms with Gasteiger partial charge in [0.05, 0.1) is 6.54 Å². The number of likely N-dealkylation sites (tertiary alicyclic amines) is 1. The van der Waals surface area contributed by atoms with Gasteiger partial charge >= 0.3 is 0 Å². The molecule has 0 radical (unpaired) electrons. The number of aromatic nitrogens is 1. The molecule has 0 atom stereocenters. The minimum Gasteiger partial charge on any atom is -0.373 e. The topological polar surface area (TPSA) is 62.3 Å². The highest BCUT2D eigenvalue weighted by Crippen LogP contribution is 2.18. The second-order valence-electron chi connectivity index (χ2n) is 4.34. The van der Waals surface area contributed by atoms with Crippen LogP contribution in [0.1, 0.15) is 31.2 Å². The Kier molecular flexibility index (Phi) is 3.92. The summed E-state index contributed by atoms with van der Waals surface area (Å²) >= 11 is 0. The van der Waals surface area contributed by atoms with Crippen molar-refractivity contribution in [2.75, 3.05) is 12.4 Å². The number of hydrogen-bond donors (Lipinski definition) is 1. The Bertz CT molecular complexity index is 441. The van der Waals surface area contributed by atoms with Crippen LogP contribution in [0.3, 0.4) is 0 Å². The normalized spacial score (nSPS) is 16.6. The van der Waals surface area contributed by atoms with E-state index in [1.807, 2.05) is 12.1 Å². The first kappa shape index (κ1) is 12.5. The van der Waals surface area contributed by atoms with Crippen LogP contribution in [0.5, 0.6) is 0 Å². The van der Waals surface area contributed by atoms with Gasteiger partial charge in [0.25, 0.3) is 0 Å². The quantitative estimate of drug-likeness (QED) is 0.823. The predicted octanol–water partition coefficient (Wildman–Crippen LogP) is 1.55. The second-order valence-corrected chi connectivity index (χ2v) is 4.34. The Labute approximate surface area is 106 Å². The summed E-state index contributed by atoms with van der Waals surface area (Å²) in [5, 5.41) is 2.97. The van der Waals surface area contributed by atoms with E-state index in [1.165, 1.54) is 4.90 Å².